The highest BCUT2D eigenvalue weighted by Gasteiger charge is 2.43. The summed E-state index contributed by atoms with van der Waals surface area (Å²) >= 11 is 0. The standard InChI is InChI=1S/C10H16N2O2/c1-12-7-10(11-9(12)14)4-2-8(6-13)3-5-10/h6,8H,2-5,7H2,1H3,(H,11,14). The van der Waals surface area contributed by atoms with Gasteiger partial charge in [0, 0.05) is 19.5 Å². The Morgan fingerprint density at radius 2 is 2.14 bits per heavy atom. The molecule has 2 amide bonds. The summed E-state index contributed by atoms with van der Waals surface area (Å²) in [4.78, 5) is 23.7. The molecule has 1 saturated carbocycles. The van der Waals surface area contributed by atoms with Gasteiger partial charge in [-0.15, -0.1) is 0 Å². The zero-order chi connectivity index (χ0) is 10.2. The third-order valence-electron chi connectivity index (χ3n) is 3.44. The molecule has 1 heterocycles. The van der Waals surface area contributed by atoms with Crippen molar-refractivity contribution >= 4 is 12.3 Å². The summed E-state index contributed by atoms with van der Waals surface area (Å²) in [6.07, 6.45) is 4.75. The van der Waals surface area contributed by atoms with Crippen molar-refractivity contribution in [1.82, 2.24) is 10.2 Å². The molecule has 0 unspecified atom stereocenters. The Bertz CT molecular complexity index is 257. The molecular weight excluding hydrogens is 180 g/mol. The molecule has 1 aliphatic heterocycles. The number of carbonyl (C=O) groups is 2. The molecule has 0 aromatic rings. The van der Waals surface area contributed by atoms with Crippen molar-refractivity contribution < 1.29 is 9.59 Å². The monoisotopic (exact) mass is 196 g/mol. The Hall–Kier alpha value is -1.06. The number of aldehydes is 1. The minimum absolute atomic E-state index is 0.0227. The largest absolute Gasteiger partial charge is 0.331 e. The van der Waals surface area contributed by atoms with Gasteiger partial charge in [-0.3, -0.25) is 0 Å². The third kappa shape index (κ3) is 1.49. The number of hydrogen-bond donors (Lipinski definition) is 1. The van der Waals surface area contributed by atoms with Crippen molar-refractivity contribution in [3.8, 4) is 0 Å². The van der Waals surface area contributed by atoms with Gasteiger partial charge in [0.1, 0.15) is 6.29 Å². The molecular formula is C10H16N2O2. The zero-order valence-corrected chi connectivity index (χ0v) is 8.45. The van der Waals surface area contributed by atoms with Crippen LogP contribution in [0.3, 0.4) is 0 Å². The van der Waals surface area contributed by atoms with Crippen LogP contribution in [0.2, 0.25) is 0 Å². The Kier molecular flexibility index (Phi) is 2.21. The maximum absolute atomic E-state index is 11.3. The van der Waals surface area contributed by atoms with E-state index < -0.39 is 0 Å². The van der Waals surface area contributed by atoms with Gasteiger partial charge in [-0.05, 0) is 25.7 Å². The van der Waals surface area contributed by atoms with Crippen LogP contribution < -0.4 is 5.32 Å². The lowest BCUT2D eigenvalue weighted by molar-refractivity contribution is -0.112. The highest BCUT2D eigenvalue weighted by Crippen LogP contribution is 2.34. The fourth-order valence-corrected chi connectivity index (χ4v) is 2.50. The highest BCUT2D eigenvalue weighted by molar-refractivity contribution is 5.77. The maximum atomic E-state index is 11.3. The van der Waals surface area contributed by atoms with E-state index in [0.717, 1.165) is 38.5 Å². The first-order valence-electron chi connectivity index (χ1n) is 5.14. The van der Waals surface area contributed by atoms with Gasteiger partial charge in [-0.25, -0.2) is 4.79 Å². The molecule has 0 aromatic carbocycles. The number of hydrogen-bond acceptors (Lipinski definition) is 2. The van der Waals surface area contributed by atoms with E-state index in [9.17, 15) is 9.59 Å². The molecule has 4 heteroatoms. The molecule has 1 N–H and O–H groups in total. The first-order valence-corrected chi connectivity index (χ1v) is 5.14. The normalized spacial score (nSPS) is 37.4. The van der Waals surface area contributed by atoms with Crippen molar-refractivity contribution in [2.24, 2.45) is 5.92 Å². The lowest BCUT2D eigenvalue weighted by Gasteiger charge is -2.34. The Balaban J connectivity index is 2.00. The van der Waals surface area contributed by atoms with Gasteiger partial charge < -0.3 is 15.0 Å². The molecule has 2 aliphatic rings. The van der Waals surface area contributed by atoms with E-state index >= 15 is 0 Å². The fourth-order valence-electron chi connectivity index (χ4n) is 2.50. The minimum atomic E-state index is -0.0364. The average molecular weight is 196 g/mol. The van der Waals surface area contributed by atoms with Gasteiger partial charge in [0.05, 0.1) is 5.54 Å². The zero-order valence-electron chi connectivity index (χ0n) is 8.45. The van der Waals surface area contributed by atoms with E-state index in [1.165, 1.54) is 0 Å². The van der Waals surface area contributed by atoms with Crippen molar-refractivity contribution in [2.75, 3.05) is 13.6 Å². The van der Waals surface area contributed by atoms with Crippen LogP contribution in [0.25, 0.3) is 0 Å². The molecule has 14 heavy (non-hydrogen) atoms. The quantitative estimate of drug-likeness (QED) is 0.630. The van der Waals surface area contributed by atoms with Crippen molar-refractivity contribution in [3.05, 3.63) is 0 Å². The molecule has 0 atom stereocenters. The van der Waals surface area contributed by atoms with E-state index in [1.807, 2.05) is 7.05 Å². The summed E-state index contributed by atoms with van der Waals surface area (Å²) < 4.78 is 0. The molecule has 0 bridgehead atoms. The van der Waals surface area contributed by atoms with Crippen molar-refractivity contribution in [3.63, 3.8) is 0 Å². The van der Waals surface area contributed by atoms with Gasteiger partial charge in [0.15, 0.2) is 0 Å². The molecule has 1 saturated heterocycles. The number of nitrogens with one attached hydrogen (secondary N) is 1. The number of rotatable bonds is 1. The van der Waals surface area contributed by atoms with Crippen LogP contribution in [-0.4, -0.2) is 36.3 Å². The van der Waals surface area contributed by atoms with Gasteiger partial charge >= 0.3 is 6.03 Å². The summed E-state index contributed by atoms with van der Waals surface area (Å²) in [5.41, 5.74) is -0.0364. The molecule has 78 valence electrons. The number of nitrogens with zero attached hydrogens (tertiary/aromatic N) is 1. The van der Waals surface area contributed by atoms with E-state index in [4.69, 9.17) is 0 Å². The predicted molar refractivity (Wildman–Crippen MR) is 51.9 cm³/mol. The second-order valence-corrected chi connectivity index (χ2v) is 4.54. The number of likely N-dealkylation sites (N-methyl/N-ethyl adjacent to an activating group) is 1. The molecule has 2 fully saturated rings. The SMILES string of the molecule is CN1CC2(CCC(C=O)CC2)NC1=O. The topological polar surface area (TPSA) is 49.4 Å². The Morgan fingerprint density at radius 1 is 1.50 bits per heavy atom. The summed E-state index contributed by atoms with van der Waals surface area (Å²) in [6.45, 7) is 0.789. The fraction of sp³-hybridized carbons (Fsp3) is 0.800. The molecule has 4 nitrogen and oxygen atoms in total. The van der Waals surface area contributed by atoms with Crippen molar-refractivity contribution in [2.45, 2.75) is 31.2 Å². The van der Waals surface area contributed by atoms with Gasteiger partial charge in [-0.2, -0.15) is 0 Å². The lowest BCUT2D eigenvalue weighted by atomic mass is 9.77. The minimum Gasteiger partial charge on any atom is -0.331 e. The van der Waals surface area contributed by atoms with E-state index in [1.54, 1.807) is 4.90 Å². The Labute approximate surface area is 83.6 Å². The van der Waals surface area contributed by atoms with Gasteiger partial charge in [-0.1, -0.05) is 0 Å². The lowest BCUT2D eigenvalue weighted by Crippen LogP contribution is -2.46. The molecule has 2 rings (SSSR count). The second-order valence-electron chi connectivity index (χ2n) is 4.54. The third-order valence-corrected chi connectivity index (χ3v) is 3.44. The van der Waals surface area contributed by atoms with Crippen LogP contribution in [0, 0.1) is 5.92 Å². The summed E-state index contributed by atoms with van der Waals surface area (Å²) in [5.74, 6) is 0.212. The molecule has 0 aromatic heterocycles. The van der Waals surface area contributed by atoms with Crippen LogP contribution >= 0.6 is 0 Å². The summed E-state index contributed by atoms with van der Waals surface area (Å²) in [7, 11) is 1.82. The van der Waals surface area contributed by atoms with Crippen LogP contribution in [0.4, 0.5) is 4.79 Å². The van der Waals surface area contributed by atoms with Gasteiger partial charge in [0.2, 0.25) is 0 Å². The van der Waals surface area contributed by atoms with Crippen LogP contribution in [0.5, 0.6) is 0 Å². The van der Waals surface area contributed by atoms with E-state index in [2.05, 4.69) is 5.32 Å². The highest BCUT2D eigenvalue weighted by atomic mass is 16.2. The van der Waals surface area contributed by atoms with E-state index in [0.29, 0.717) is 0 Å². The average Bonchev–Trinajstić information content (AvgIpc) is 2.44. The van der Waals surface area contributed by atoms with E-state index in [-0.39, 0.29) is 17.5 Å². The molecule has 0 radical (unpaired) electrons. The summed E-state index contributed by atoms with van der Waals surface area (Å²) in [6, 6.07) is 0.0227. The maximum Gasteiger partial charge on any atom is 0.317 e. The Morgan fingerprint density at radius 3 is 2.57 bits per heavy atom. The molecule has 1 spiro atoms. The smallest absolute Gasteiger partial charge is 0.317 e. The van der Waals surface area contributed by atoms with Gasteiger partial charge in [0.25, 0.3) is 0 Å². The number of urea groups is 1. The second kappa shape index (κ2) is 3.26. The van der Waals surface area contributed by atoms with Crippen LogP contribution in [0.15, 0.2) is 0 Å². The van der Waals surface area contributed by atoms with Crippen LogP contribution in [0.1, 0.15) is 25.7 Å². The number of carbonyl (C=O) groups excluding carboxylic acids is 2. The first kappa shape index (κ1) is 9.49. The predicted octanol–water partition coefficient (Wildman–Crippen LogP) is 0.769. The first-order chi connectivity index (χ1) is 6.65. The number of amides is 2. The van der Waals surface area contributed by atoms with Crippen molar-refractivity contribution in [1.29, 1.82) is 0 Å². The molecule has 1 aliphatic carbocycles. The van der Waals surface area contributed by atoms with Crippen LogP contribution in [-0.2, 0) is 4.79 Å². The summed E-state index contributed by atoms with van der Waals surface area (Å²) in [5, 5.41) is 3.03.